The number of rotatable bonds is 6. The molecule has 0 heterocycles. The number of halogens is 1. The number of nitrogens with one attached hydrogen (secondary N) is 2. The summed E-state index contributed by atoms with van der Waals surface area (Å²) >= 11 is 0. The molecule has 2 amide bonds. The van der Waals surface area contributed by atoms with Gasteiger partial charge in [0.05, 0.1) is 12.1 Å². The summed E-state index contributed by atoms with van der Waals surface area (Å²) in [5.74, 6) is -2.28. The highest BCUT2D eigenvalue weighted by atomic mass is 19.1. The van der Waals surface area contributed by atoms with E-state index in [-0.39, 0.29) is 24.1 Å². The molecule has 1 aromatic rings. The van der Waals surface area contributed by atoms with Crippen LogP contribution in [0.15, 0.2) is 18.2 Å². The summed E-state index contributed by atoms with van der Waals surface area (Å²) in [6.07, 6.45) is 0. The normalized spacial score (nSPS) is 10.2. The van der Waals surface area contributed by atoms with Crippen molar-refractivity contribution in [2.24, 2.45) is 0 Å². The summed E-state index contributed by atoms with van der Waals surface area (Å²) in [6.45, 7) is 4.42. The van der Waals surface area contributed by atoms with Gasteiger partial charge in [-0.15, -0.1) is 0 Å². The van der Waals surface area contributed by atoms with Gasteiger partial charge in [0, 0.05) is 6.04 Å². The summed E-state index contributed by atoms with van der Waals surface area (Å²) in [5, 5.41) is 4.91. The van der Waals surface area contributed by atoms with Crippen LogP contribution >= 0.6 is 0 Å². The molecular weight excluding hydrogens is 291 g/mol. The number of amides is 2. The number of hydrogen-bond donors (Lipinski definition) is 2. The molecule has 22 heavy (non-hydrogen) atoms. The zero-order valence-corrected chi connectivity index (χ0v) is 12.7. The molecule has 1 aromatic carbocycles. The van der Waals surface area contributed by atoms with Gasteiger partial charge < -0.3 is 15.4 Å². The topological polar surface area (TPSA) is 84.5 Å². The van der Waals surface area contributed by atoms with Crippen molar-refractivity contribution >= 4 is 17.8 Å². The van der Waals surface area contributed by atoms with Crippen LogP contribution < -0.4 is 10.6 Å². The van der Waals surface area contributed by atoms with E-state index >= 15 is 0 Å². The van der Waals surface area contributed by atoms with Gasteiger partial charge in [0.2, 0.25) is 5.91 Å². The molecule has 0 radical (unpaired) electrons. The minimum absolute atomic E-state index is 0.0217. The summed E-state index contributed by atoms with van der Waals surface area (Å²) in [5.41, 5.74) is 0.430. The van der Waals surface area contributed by atoms with E-state index in [4.69, 9.17) is 4.74 Å². The van der Waals surface area contributed by atoms with Crippen molar-refractivity contribution in [3.63, 3.8) is 0 Å². The molecule has 0 fully saturated rings. The van der Waals surface area contributed by atoms with E-state index in [0.29, 0.717) is 5.56 Å². The summed E-state index contributed by atoms with van der Waals surface area (Å²) < 4.78 is 18.1. The van der Waals surface area contributed by atoms with Crippen LogP contribution in [0.3, 0.4) is 0 Å². The number of ether oxygens (including phenoxy) is 1. The zero-order valence-electron chi connectivity index (χ0n) is 12.7. The molecule has 0 aliphatic carbocycles. The van der Waals surface area contributed by atoms with E-state index in [0.717, 1.165) is 6.07 Å². The average molecular weight is 310 g/mol. The molecule has 0 atom stereocenters. The van der Waals surface area contributed by atoms with Crippen molar-refractivity contribution in [1.29, 1.82) is 0 Å². The summed E-state index contributed by atoms with van der Waals surface area (Å²) in [6, 6.07) is 3.88. The molecule has 6 nitrogen and oxygen atoms in total. The SMILES string of the molecule is Cc1ccc(C(=O)OCC(=O)NCC(=O)NC(C)C)cc1F. The third-order valence-corrected chi connectivity index (χ3v) is 2.64. The molecular formula is C15H19FN2O4. The second kappa shape index (κ2) is 8.11. The van der Waals surface area contributed by atoms with Crippen LogP contribution in [0.25, 0.3) is 0 Å². The smallest absolute Gasteiger partial charge is 0.338 e. The Morgan fingerprint density at radius 3 is 2.50 bits per heavy atom. The lowest BCUT2D eigenvalue weighted by Gasteiger charge is -2.09. The molecule has 0 aliphatic heterocycles. The largest absolute Gasteiger partial charge is 0.452 e. The van der Waals surface area contributed by atoms with Crippen LogP contribution in [0.5, 0.6) is 0 Å². The Bertz CT molecular complexity index is 573. The van der Waals surface area contributed by atoms with Gasteiger partial charge in [0.15, 0.2) is 6.61 Å². The highest BCUT2D eigenvalue weighted by molar-refractivity contribution is 5.92. The van der Waals surface area contributed by atoms with Gasteiger partial charge in [0.1, 0.15) is 5.82 Å². The van der Waals surface area contributed by atoms with E-state index in [1.807, 2.05) is 0 Å². The predicted octanol–water partition coefficient (Wildman–Crippen LogP) is 0.932. The molecule has 0 aromatic heterocycles. The van der Waals surface area contributed by atoms with Crippen LogP contribution in [-0.4, -0.2) is 37.0 Å². The molecule has 2 N–H and O–H groups in total. The van der Waals surface area contributed by atoms with Crippen molar-refractivity contribution in [1.82, 2.24) is 10.6 Å². The lowest BCUT2D eigenvalue weighted by molar-refractivity contribution is -0.128. The highest BCUT2D eigenvalue weighted by Gasteiger charge is 2.12. The van der Waals surface area contributed by atoms with Crippen molar-refractivity contribution in [3.8, 4) is 0 Å². The van der Waals surface area contributed by atoms with Gasteiger partial charge >= 0.3 is 5.97 Å². The Kier molecular flexibility index (Phi) is 6.49. The number of aryl methyl sites for hydroxylation is 1. The van der Waals surface area contributed by atoms with Crippen LogP contribution in [0.2, 0.25) is 0 Å². The van der Waals surface area contributed by atoms with Crippen molar-refractivity contribution in [2.45, 2.75) is 26.8 Å². The second-order valence-corrected chi connectivity index (χ2v) is 5.04. The Morgan fingerprint density at radius 1 is 1.23 bits per heavy atom. The first-order valence-corrected chi connectivity index (χ1v) is 6.79. The van der Waals surface area contributed by atoms with Crippen LogP contribution in [0.4, 0.5) is 4.39 Å². The molecule has 0 spiro atoms. The summed E-state index contributed by atoms with van der Waals surface area (Å²) in [7, 11) is 0. The maximum Gasteiger partial charge on any atom is 0.338 e. The maximum absolute atomic E-state index is 13.3. The second-order valence-electron chi connectivity index (χ2n) is 5.04. The first-order valence-electron chi connectivity index (χ1n) is 6.79. The third-order valence-electron chi connectivity index (χ3n) is 2.64. The van der Waals surface area contributed by atoms with Gasteiger partial charge in [-0.05, 0) is 38.5 Å². The molecule has 7 heteroatoms. The quantitative estimate of drug-likeness (QED) is 0.766. The van der Waals surface area contributed by atoms with Crippen LogP contribution in [0.1, 0.15) is 29.8 Å². The van der Waals surface area contributed by atoms with Gasteiger partial charge in [-0.1, -0.05) is 6.07 Å². The van der Waals surface area contributed by atoms with Gasteiger partial charge in [-0.2, -0.15) is 0 Å². The Balaban J connectivity index is 2.38. The molecule has 0 saturated heterocycles. The predicted molar refractivity (Wildman–Crippen MR) is 77.7 cm³/mol. The molecule has 0 aliphatic rings. The molecule has 0 unspecified atom stereocenters. The minimum atomic E-state index is -0.805. The third kappa shape index (κ3) is 5.90. The first kappa shape index (κ1) is 17.6. The fourth-order valence-corrected chi connectivity index (χ4v) is 1.54. The van der Waals surface area contributed by atoms with Crippen molar-refractivity contribution in [2.75, 3.05) is 13.2 Å². The van der Waals surface area contributed by atoms with Gasteiger partial charge in [-0.25, -0.2) is 9.18 Å². The Hall–Kier alpha value is -2.44. The fourth-order valence-electron chi connectivity index (χ4n) is 1.54. The molecule has 120 valence electrons. The van der Waals surface area contributed by atoms with Crippen LogP contribution in [0, 0.1) is 12.7 Å². The average Bonchev–Trinajstić information content (AvgIpc) is 2.44. The number of carbonyl (C=O) groups excluding carboxylic acids is 3. The van der Waals surface area contributed by atoms with Crippen molar-refractivity contribution < 1.29 is 23.5 Å². The highest BCUT2D eigenvalue weighted by Crippen LogP contribution is 2.10. The van der Waals surface area contributed by atoms with Crippen molar-refractivity contribution in [3.05, 3.63) is 35.1 Å². The monoisotopic (exact) mass is 310 g/mol. The minimum Gasteiger partial charge on any atom is -0.452 e. The standard InChI is InChI=1S/C15H19FN2O4/c1-9(2)18-13(19)7-17-14(20)8-22-15(21)11-5-4-10(3)12(16)6-11/h4-6,9H,7-8H2,1-3H3,(H,17,20)(H,18,19). The van der Waals surface area contributed by atoms with E-state index in [9.17, 15) is 18.8 Å². The lowest BCUT2D eigenvalue weighted by Crippen LogP contribution is -2.41. The number of benzene rings is 1. The van der Waals surface area contributed by atoms with E-state index < -0.39 is 24.3 Å². The number of carbonyl (C=O) groups is 3. The Morgan fingerprint density at radius 2 is 1.91 bits per heavy atom. The number of esters is 1. The fraction of sp³-hybridized carbons (Fsp3) is 0.400. The first-order chi connectivity index (χ1) is 10.3. The van der Waals surface area contributed by atoms with Gasteiger partial charge in [-0.3, -0.25) is 9.59 Å². The maximum atomic E-state index is 13.3. The van der Waals surface area contributed by atoms with E-state index in [1.165, 1.54) is 12.1 Å². The zero-order chi connectivity index (χ0) is 16.7. The van der Waals surface area contributed by atoms with Gasteiger partial charge in [0.25, 0.3) is 5.91 Å². The van der Waals surface area contributed by atoms with E-state index in [1.54, 1.807) is 20.8 Å². The molecule has 0 saturated carbocycles. The van der Waals surface area contributed by atoms with Crippen LogP contribution in [-0.2, 0) is 14.3 Å². The van der Waals surface area contributed by atoms with E-state index in [2.05, 4.69) is 10.6 Å². The Labute approximate surface area is 128 Å². The number of hydrogen-bond acceptors (Lipinski definition) is 4. The molecule has 0 bridgehead atoms. The molecule has 1 rings (SSSR count). The summed E-state index contributed by atoms with van der Waals surface area (Å²) in [4.78, 5) is 34.4. The lowest BCUT2D eigenvalue weighted by atomic mass is 10.1.